The van der Waals surface area contributed by atoms with Gasteiger partial charge in [0, 0.05) is 38.6 Å². The number of rotatable bonds is 8. The van der Waals surface area contributed by atoms with Gasteiger partial charge in [-0.3, -0.25) is 19.3 Å². The number of carbonyl (C=O) groups excluding carboxylic acids is 2. The lowest BCUT2D eigenvalue weighted by atomic mass is 10.1. The number of amides is 3. The van der Waals surface area contributed by atoms with Gasteiger partial charge in [-0.15, -0.1) is 6.58 Å². The van der Waals surface area contributed by atoms with E-state index in [1.54, 1.807) is 4.90 Å². The summed E-state index contributed by atoms with van der Waals surface area (Å²) in [7, 11) is 0. The van der Waals surface area contributed by atoms with E-state index in [0.29, 0.717) is 26.2 Å². The molecule has 1 rings (SSSR count). The smallest absolute Gasteiger partial charge is 0.404 e. The van der Waals surface area contributed by atoms with Crippen LogP contribution in [0.5, 0.6) is 0 Å². The Hall–Kier alpha value is -2.13. The van der Waals surface area contributed by atoms with Crippen LogP contribution in [-0.4, -0.2) is 78.2 Å². The van der Waals surface area contributed by atoms with Crippen LogP contribution < -0.4 is 10.8 Å². The topological polar surface area (TPSA) is 111 Å². The molecule has 0 aliphatic carbocycles. The third-order valence-electron chi connectivity index (χ3n) is 3.68. The molecule has 0 unspecified atom stereocenters. The minimum atomic E-state index is -1.20. The van der Waals surface area contributed by atoms with Crippen molar-refractivity contribution in [2.75, 3.05) is 39.3 Å². The highest BCUT2D eigenvalue weighted by Crippen LogP contribution is 2.10. The van der Waals surface area contributed by atoms with E-state index in [2.05, 4.69) is 17.4 Å². The van der Waals surface area contributed by atoms with E-state index in [1.165, 1.54) is 6.08 Å². The van der Waals surface area contributed by atoms with Crippen molar-refractivity contribution in [2.45, 2.75) is 19.9 Å². The summed E-state index contributed by atoms with van der Waals surface area (Å²) in [6.07, 6.45) is 0.287. The second kappa shape index (κ2) is 9.89. The zero-order chi connectivity index (χ0) is 18.1. The van der Waals surface area contributed by atoms with Crippen LogP contribution in [0, 0.1) is 5.92 Å². The van der Waals surface area contributed by atoms with Crippen molar-refractivity contribution in [2.24, 2.45) is 5.92 Å². The number of carboxylic acid groups (broad SMARTS) is 1. The summed E-state index contributed by atoms with van der Waals surface area (Å²) in [5.41, 5.74) is 2.29. The van der Waals surface area contributed by atoms with E-state index in [-0.39, 0.29) is 25.0 Å². The lowest BCUT2D eigenvalue weighted by Crippen LogP contribution is -2.59. The molecule has 0 aromatic carbocycles. The standard InChI is InChI=1S/C15H26N4O5/c1-4-9-24-17-13(20)12(10-16-15(22)23)18-5-7-19(8-6-18)14(21)11(2)3/h4,11-12,16H,1,5-10H2,2-3H3,(H,17,20)(H,22,23)/t12-/m0/s1. The van der Waals surface area contributed by atoms with Gasteiger partial charge in [-0.2, -0.15) is 0 Å². The lowest BCUT2D eigenvalue weighted by Gasteiger charge is -2.39. The fourth-order valence-corrected chi connectivity index (χ4v) is 2.43. The Morgan fingerprint density at radius 1 is 1.25 bits per heavy atom. The molecule has 1 fully saturated rings. The Morgan fingerprint density at radius 2 is 1.88 bits per heavy atom. The first-order chi connectivity index (χ1) is 11.4. The van der Waals surface area contributed by atoms with Gasteiger partial charge in [-0.05, 0) is 0 Å². The highest BCUT2D eigenvalue weighted by atomic mass is 16.6. The van der Waals surface area contributed by atoms with Crippen LogP contribution in [0.1, 0.15) is 13.8 Å². The van der Waals surface area contributed by atoms with E-state index in [0.717, 1.165) is 0 Å². The maximum Gasteiger partial charge on any atom is 0.404 e. The number of nitrogens with zero attached hydrogens (tertiary/aromatic N) is 2. The molecule has 3 N–H and O–H groups in total. The van der Waals surface area contributed by atoms with Crippen LogP contribution in [0.15, 0.2) is 12.7 Å². The number of hydroxylamine groups is 1. The second-order valence-corrected chi connectivity index (χ2v) is 5.78. The van der Waals surface area contributed by atoms with Gasteiger partial charge in [0.15, 0.2) is 0 Å². The fourth-order valence-electron chi connectivity index (χ4n) is 2.43. The molecular formula is C15H26N4O5. The summed E-state index contributed by atoms with van der Waals surface area (Å²) >= 11 is 0. The van der Waals surface area contributed by atoms with Crippen molar-refractivity contribution in [1.82, 2.24) is 20.6 Å². The molecule has 0 spiro atoms. The average Bonchev–Trinajstić information content (AvgIpc) is 2.54. The van der Waals surface area contributed by atoms with Crippen molar-refractivity contribution >= 4 is 17.9 Å². The molecule has 0 saturated carbocycles. The third kappa shape index (κ3) is 6.17. The molecule has 1 atom stereocenters. The number of hydrogen-bond donors (Lipinski definition) is 3. The minimum Gasteiger partial charge on any atom is -0.465 e. The quantitative estimate of drug-likeness (QED) is 0.316. The lowest BCUT2D eigenvalue weighted by molar-refractivity contribution is -0.141. The molecule has 3 amide bonds. The van der Waals surface area contributed by atoms with Crippen molar-refractivity contribution in [3.8, 4) is 0 Å². The van der Waals surface area contributed by atoms with Gasteiger partial charge in [0.05, 0.1) is 6.61 Å². The first-order valence-corrected chi connectivity index (χ1v) is 7.89. The maximum absolute atomic E-state index is 12.2. The van der Waals surface area contributed by atoms with Gasteiger partial charge >= 0.3 is 6.09 Å². The Morgan fingerprint density at radius 3 is 2.38 bits per heavy atom. The van der Waals surface area contributed by atoms with Crippen molar-refractivity contribution in [3.05, 3.63) is 12.7 Å². The van der Waals surface area contributed by atoms with E-state index >= 15 is 0 Å². The van der Waals surface area contributed by atoms with Crippen molar-refractivity contribution < 1.29 is 24.3 Å². The number of piperazine rings is 1. The summed E-state index contributed by atoms with van der Waals surface area (Å²) in [5, 5.41) is 11.0. The van der Waals surface area contributed by atoms with E-state index < -0.39 is 18.0 Å². The summed E-state index contributed by atoms with van der Waals surface area (Å²) in [5.74, 6) is -0.431. The number of nitrogens with one attached hydrogen (secondary N) is 2. The Bertz CT molecular complexity index is 461. The molecule has 0 bridgehead atoms. The number of hydrogen-bond acceptors (Lipinski definition) is 5. The van der Waals surface area contributed by atoms with Crippen LogP contribution in [0.2, 0.25) is 0 Å². The summed E-state index contributed by atoms with van der Waals surface area (Å²) in [6, 6.07) is -0.706. The van der Waals surface area contributed by atoms with Crippen LogP contribution >= 0.6 is 0 Å². The van der Waals surface area contributed by atoms with E-state index in [9.17, 15) is 14.4 Å². The highest BCUT2D eigenvalue weighted by molar-refractivity contribution is 5.82. The predicted octanol–water partition coefficient (Wildman–Crippen LogP) is -0.343. The van der Waals surface area contributed by atoms with Gasteiger partial charge in [-0.25, -0.2) is 10.3 Å². The molecule has 1 saturated heterocycles. The van der Waals surface area contributed by atoms with Gasteiger partial charge in [0.1, 0.15) is 6.04 Å². The monoisotopic (exact) mass is 342 g/mol. The first kappa shape index (κ1) is 19.9. The Kier molecular flexibility index (Phi) is 8.20. The Labute approximate surface area is 141 Å². The summed E-state index contributed by atoms with van der Waals surface area (Å²) < 4.78 is 0. The van der Waals surface area contributed by atoms with Gasteiger partial charge in [0.25, 0.3) is 5.91 Å². The van der Waals surface area contributed by atoms with Crippen LogP contribution in [0.4, 0.5) is 4.79 Å². The molecule has 0 radical (unpaired) electrons. The second-order valence-electron chi connectivity index (χ2n) is 5.78. The molecule has 1 heterocycles. The van der Waals surface area contributed by atoms with Gasteiger partial charge in [0.2, 0.25) is 5.91 Å². The summed E-state index contributed by atoms with van der Waals surface area (Å²) in [6.45, 7) is 9.24. The largest absolute Gasteiger partial charge is 0.465 e. The molecule has 136 valence electrons. The van der Waals surface area contributed by atoms with Gasteiger partial charge < -0.3 is 15.3 Å². The van der Waals surface area contributed by atoms with Crippen LogP contribution in [0.25, 0.3) is 0 Å². The minimum absolute atomic E-state index is 0.0588. The number of carbonyl (C=O) groups is 3. The molecule has 9 nitrogen and oxygen atoms in total. The molecule has 1 aliphatic heterocycles. The van der Waals surface area contributed by atoms with Crippen LogP contribution in [-0.2, 0) is 14.4 Å². The molecule has 0 aromatic heterocycles. The molecule has 24 heavy (non-hydrogen) atoms. The van der Waals surface area contributed by atoms with Crippen molar-refractivity contribution in [3.63, 3.8) is 0 Å². The van der Waals surface area contributed by atoms with Gasteiger partial charge in [-0.1, -0.05) is 19.9 Å². The SMILES string of the molecule is C=CCONC(=O)[C@H](CNC(=O)O)N1CCN(C(=O)C(C)C)CC1. The zero-order valence-electron chi connectivity index (χ0n) is 14.2. The molecule has 1 aliphatic rings. The normalized spacial score (nSPS) is 16.5. The summed E-state index contributed by atoms with van der Waals surface area (Å²) in [4.78, 5) is 43.5. The maximum atomic E-state index is 12.2. The Balaban J connectivity index is 2.63. The molecule has 9 heteroatoms. The van der Waals surface area contributed by atoms with E-state index in [4.69, 9.17) is 9.94 Å². The zero-order valence-corrected chi connectivity index (χ0v) is 14.2. The third-order valence-corrected chi connectivity index (χ3v) is 3.68. The average molecular weight is 342 g/mol. The molecular weight excluding hydrogens is 316 g/mol. The van der Waals surface area contributed by atoms with Crippen molar-refractivity contribution in [1.29, 1.82) is 0 Å². The fraction of sp³-hybridized carbons (Fsp3) is 0.667. The first-order valence-electron chi connectivity index (χ1n) is 7.89. The highest BCUT2D eigenvalue weighted by Gasteiger charge is 2.31. The van der Waals surface area contributed by atoms with E-state index in [1.807, 2.05) is 18.7 Å². The van der Waals surface area contributed by atoms with Crippen LogP contribution in [0.3, 0.4) is 0 Å². The predicted molar refractivity (Wildman–Crippen MR) is 87.1 cm³/mol. The molecule has 0 aromatic rings.